The molecule has 1 aromatic carbocycles. The van der Waals surface area contributed by atoms with E-state index in [1.807, 2.05) is 18.5 Å². The molecule has 1 atom stereocenters. The van der Waals surface area contributed by atoms with Crippen molar-refractivity contribution in [1.29, 1.82) is 0 Å². The lowest BCUT2D eigenvalue weighted by Gasteiger charge is -2.15. The van der Waals surface area contributed by atoms with Crippen molar-refractivity contribution < 1.29 is 0 Å². The number of thiophene rings is 1. The van der Waals surface area contributed by atoms with Gasteiger partial charge in [0.25, 0.3) is 0 Å². The Morgan fingerprint density at radius 1 is 1.26 bits per heavy atom. The molecule has 23 heavy (non-hydrogen) atoms. The molecule has 0 aliphatic carbocycles. The van der Waals surface area contributed by atoms with E-state index in [0.29, 0.717) is 5.25 Å². The summed E-state index contributed by atoms with van der Waals surface area (Å²) < 4.78 is 2.14. The van der Waals surface area contributed by atoms with Gasteiger partial charge < -0.3 is 4.57 Å². The topological polar surface area (TPSA) is 30.7 Å². The first-order valence-corrected chi connectivity index (χ1v) is 9.72. The zero-order valence-corrected chi connectivity index (χ0v) is 15.2. The first-order chi connectivity index (χ1) is 11.3. The van der Waals surface area contributed by atoms with Crippen LogP contribution in [0.25, 0.3) is 0 Å². The van der Waals surface area contributed by atoms with Crippen molar-refractivity contribution in [2.24, 2.45) is 0 Å². The third-order valence-electron chi connectivity index (χ3n) is 3.62. The molecule has 0 saturated heterocycles. The van der Waals surface area contributed by atoms with Crippen molar-refractivity contribution >= 4 is 34.7 Å². The number of nitrogens with zero attached hydrogens (tertiary/aromatic N) is 3. The number of aromatic nitrogens is 3. The lowest BCUT2D eigenvalue weighted by molar-refractivity contribution is 0.635. The zero-order chi connectivity index (χ0) is 16.1. The molecule has 0 spiro atoms. The molecular weight excluding hydrogens is 346 g/mol. The van der Waals surface area contributed by atoms with Gasteiger partial charge in [-0.25, -0.2) is 0 Å². The smallest absolute Gasteiger partial charge is 0.191 e. The van der Waals surface area contributed by atoms with Gasteiger partial charge in [-0.15, -0.1) is 21.5 Å². The summed E-state index contributed by atoms with van der Waals surface area (Å²) >= 11 is 9.55. The Hall–Kier alpha value is -1.30. The third-order valence-corrected chi connectivity index (χ3v) is 6.22. The minimum Gasteiger partial charge on any atom is -0.308 e. The molecular formula is C17H18ClN3S2. The normalized spacial score (nSPS) is 12.4. The highest BCUT2D eigenvalue weighted by Crippen LogP contribution is 2.37. The highest BCUT2D eigenvalue weighted by Gasteiger charge is 2.15. The average Bonchev–Trinajstić information content (AvgIpc) is 3.23. The first kappa shape index (κ1) is 16.6. The molecule has 2 heterocycles. The molecule has 0 radical (unpaired) electrons. The fraction of sp³-hybridized carbons (Fsp3) is 0.294. The number of rotatable bonds is 7. The maximum Gasteiger partial charge on any atom is 0.191 e. The van der Waals surface area contributed by atoms with Crippen LogP contribution in [0.1, 0.15) is 29.0 Å². The molecule has 0 N–H and O–H groups in total. The van der Waals surface area contributed by atoms with Gasteiger partial charge in [0.1, 0.15) is 6.33 Å². The fourth-order valence-corrected chi connectivity index (χ4v) is 4.27. The lowest BCUT2D eigenvalue weighted by Crippen LogP contribution is -2.03. The Balaban J connectivity index is 1.69. The molecule has 3 aromatic rings. The molecule has 6 heteroatoms. The van der Waals surface area contributed by atoms with Crippen molar-refractivity contribution in [3.8, 4) is 0 Å². The van der Waals surface area contributed by atoms with Crippen molar-refractivity contribution in [2.75, 3.05) is 0 Å². The summed E-state index contributed by atoms with van der Waals surface area (Å²) in [5.41, 5.74) is 1.27. The van der Waals surface area contributed by atoms with Gasteiger partial charge in [0.2, 0.25) is 0 Å². The number of aryl methyl sites for hydroxylation is 2. The molecule has 1 unspecified atom stereocenters. The number of hydrogen-bond donors (Lipinski definition) is 0. The molecule has 3 rings (SSSR count). The van der Waals surface area contributed by atoms with Gasteiger partial charge in [0, 0.05) is 21.7 Å². The Kier molecular flexibility index (Phi) is 5.75. The maximum atomic E-state index is 5.99. The van der Waals surface area contributed by atoms with Gasteiger partial charge in [0.15, 0.2) is 5.16 Å². The van der Waals surface area contributed by atoms with Crippen molar-refractivity contribution in [2.45, 2.75) is 36.7 Å². The predicted octanol–water partition coefficient (Wildman–Crippen LogP) is 5.48. The van der Waals surface area contributed by atoms with Crippen LogP contribution in [-0.4, -0.2) is 14.8 Å². The van der Waals surface area contributed by atoms with Gasteiger partial charge in [-0.3, -0.25) is 0 Å². The van der Waals surface area contributed by atoms with E-state index < -0.39 is 0 Å². The first-order valence-electron chi connectivity index (χ1n) is 7.58. The number of hydrogen-bond acceptors (Lipinski definition) is 4. The van der Waals surface area contributed by atoms with Crippen molar-refractivity contribution in [3.05, 3.63) is 63.6 Å². The maximum absolute atomic E-state index is 5.99. The van der Waals surface area contributed by atoms with Crippen LogP contribution in [0.2, 0.25) is 5.02 Å². The molecule has 0 saturated carbocycles. The van der Waals surface area contributed by atoms with Crippen molar-refractivity contribution in [1.82, 2.24) is 14.8 Å². The zero-order valence-electron chi connectivity index (χ0n) is 12.9. The molecule has 2 aromatic heterocycles. The van der Waals surface area contributed by atoms with Crippen LogP contribution in [0.15, 0.2) is 53.3 Å². The molecule has 120 valence electrons. The Morgan fingerprint density at radius 2 is 2.09 bits per heavy atom. The number of halogens is 1. The standard InChI is InChI=1S/C17H18ClN3S2/c1-2-16(13-5-7-14(18)8-6-13)23-17-20-19-12-21(17)10-9-15-4-3-11-22-15/h3-8,11-12,16H,2,9-10H2,1H3. The van der Waals surface area contributed by atoms with E-state index in [2.05, 4.69) is 51.3 Å². The monoisotopic (exact) mass is 363 g/mol. The van der Waals surface area contributed by atoms with E-state index in [1.54, 1.807) is 23.1 Å². The van der Waals surface area contributed by atoms with Crippen LogP contribution in [0.3, 0.4) is 0 Å². The second kappa shape index (κ2) is 7.99. The van der Waals surface area contributed by atoms with E-state index in [9.17, 15) is 0 Å². The summed E-state index contributed by atoms with van der Waals surface area (Å²) in [5, 5.41) is 12.6. The second-order valence-corrected chi connectivity index (χ2v) is 7.84. The molecule has 0 amide bonds. The summed E-state index contributed by atoms with van der Waals surface area (Å²) in [6, 6.07) is 12.3. The average molecular weight is 364 g/mol. The summed E-state index contributed by atoms with van der Waals surface area (Å²) in [4.78, 5) is 1.39. The van der Waals surface area contributed by atoms with E-state index >= 15 is 0 Å². The van der Waals surface area contributed by atoms with Crippen molar-refractivity contribution in [3.63, 3.8) is 0 Å². The summed E-state index contributed by atoms with van der Waals surface area (Å²) in [6.07, 6.45) is 3.87. The van der Waals surface area contributed by atoms with E-state index in [1.165, 1.54) is 10.4 Å². The van der Waals surface area contributed by atoms with Gasteiger partial charge >= 0.3 is 0 Å². The molecule has 0 aliphatic rings. The van der Waals surface area contributed by atoms with Gasteiger partial charge in [-0.2, -0.15) is 0 Å². The van der Waals surface area contributed by atoms with Gasteiger partial charge in [-0.05, 0) is 42.0 Å². The second-order valence-electron chi connectivity index (χ2n) is 5.20. The van der Waals surface area contributed by atoms with Crippen LogP contribution in [0.4, 0.5) is 0 Å². The molecule has 0 bridgehead atoms. The van der Waals surface area contributed by atoms with Crippen LogP contribution < -0.4 is 0 Å². The summed E-state index contributed by atoms with van der Waals surface area (Å²) in [7, 11) is 0. The molecule has 0 aliphatic heterocycles. The Labute approximate surface area is 149 Å². The number of thioether (sulfide) groups is 1. The van der Waals surface area contributed by atoms with Crippen LogP contribution in [-0.2, 0) is 13.0 Å². The van der Waals surface area contributed by atoms with Crippen LogP contribution >= 0.6 is 34.7 Å². The lowest BCUT2D eigenvalue weighted by atomic mass is 10.1. The fourth-order valence-electron chi connectivity index (χ4n) is 2.37. The highest BCUT2D eigenvalue weighted by atomic mass is 35.5. The summed E-state index contributed by atoms with van der Waals surface area (Å²) in [5.74, 6) is 0. The molecule has 0 fully saturated rings. The number of benzene rings is 1. The van der Waals surface area contributed by atoms with E-state index in [-0.39, 0.29) is 0 Å². The highest BCUT2D eigenvalue weighted by molar-refractivity contribution is 7.99. The SMILES string of the molecule is CCC(Sc1nncn1CCc1cccs1)c1ccc(Cl)cc1. The minimum absolute atomic E-state index is 0.358. The van der Waals surface area contributed by atoms with Gasteiger partial charge in [-0.1, -0.05) is 48.5 Å². The quantitative estimate of drug-likeness (QED) is 0.521. The van der Waals surface area contributed by atoms with E-state index in [0.717, 1.165) is 29.6 Å². The summed E-state index contributed by atoms with van der Waals surface area (Å²) in [6.45, 7) is 3.10. The minimum atomic E-state index is 0.358. The van der Waals surface area contributed by atoms with Gasteiger partial charge in [0.05, 0.1) is 0 Å². The Morgan fingerprint density at radius 3 is 2.78 bits per heavy atom. The Bertz CT molecular complexity index is 723. The largest absolute Gasteiger partial charge is 0.308 e. The van der Waals surface area contributed by atoms with Crippen LogP contribution in [0.5, 0.6) is 0 Å². The van der Waals surface area contributed by atoms with E-state index in [4.69, 9.17) is 11.6 Å². The third kappa shape index (κ3) is 4.37. The molecule has 3 nitrogen and oxygen atoms in total. The predicted molar refractivity (Wildman–Crippen MR) is 98.4 cm³/mol. The van der Waals surface area contributed by atoms with Crippen LogP contribution in [0, 0.1) is 0 Å².